The minimum atomic E-state index is -0.0450. The Morgan fingerprint density at radius 3 is 1.02 bits per heavy atom. The smallest absolute Gasteiger partial charge is 0.312 e. The Bertz CT molecular complexity index is 5130. The molecule has 0 aromatic rings. The van der Waals surface area contributed by atoms with Gasteiger partial charge < -0.3 is 42.6 Å². The first-order chi connectivity index (χ1) is 68.3. The molecule has 58 atom stereocenters. The van der Waals surface area contributed by atoms with Gasteiger partial charge in [-0.05, 0) is 502 Å². The Balaban J connectivity index is 0.0000000766. The maximum absolute atomic E-state index is 12.2. The number of esters is 9. The first-order valence-corrected chi connectivity index (χ1v) is 60.8. The van der Waals surface area contributed by atoms with Gasteiger partial charge in [-0.3, -0.25) is 43.2 Å². The Hall–Kier alpha value is -4.77. The molecule has 58 unspecified atom stereocenters. The van der Waals surface area contributed by atoms with Crippen molar-refractivity contribution in [2.24, 2.45) is 339 Å². The molecule has 0 aromatic carbocycles. The summed E-state index contributed by atoms with van der Waals surface area (Å²) in [5, 5.41) is 0. The SMILES string of the molecule is CC1C2CC(C1C)C1(CCOC1=O)C2.CC1CC2CC1C1(COC(=O)C1)C2.CC1CC2CC1C1C2C2CC1C1(CCOC1=O)C2.CC1CC2CC1C1C2C2CC1C1(COC(=O)C1)C2.CC1CC2CC1C1C3CC(C21)C1(CCOC1=O)C3.CC1CC2CC1C1C3CC(C21)C1(COC(=O)C1)C3.CC1CC2CC1C1C3CC(C4COC(=O)C43)C21.CC1CC2CC1CC21CCOC1=O.CC1CC2CC1CC21COC(=O)C1. The van der Waals surface area contributed by atoms with E-state index in [1.807, 2.05) is 0 Å². The van der Waals surface area contributed by atoms with E-state index >= 15 is 0 Å². The number of cyclic esters (lactones) is 9. The summed E-state index contributed by atoms with van der Waals surface area (Å²) < 4.78 is 47.4. The molecule has 37 rings (SSSR count). The normalized spacial score (nSPS) is 60.4. The Labute approximate surface area is 846 Å². The lowest BCUT2D eigenvalue weighted by atomic mass is 9.59. The maximum Gasteiger partial charge on any atom is 0.312 e. The van der Waals surface area contributed by atoms with E-state index in [4.69, 9.17) is 42.6 Å². The van der Waals surface area contributed by atoms with Crippen LogP contribution in [0.3, 0.4) is 0 Å². The van der Waals surface area contributed by atoms with Crippen LogP contribution in [0.4, 0.5) is 0 Å². The van der Waals surface area contributed by atoms with Crippen molar-refractivity contribution in [3.05, 3.63) is 0 Å². The molecule has 28 saturated carbocycles. The van der Waals surface area contributed by atoms with E-state index in [9.17, 15) is 43.2 Å². The zero-order valence-corrected chi connectivity index (χ0v) is 88.0. The quantitative estimate of drug-likeness (QED) is 0.124. The monoisotopic (exact) mass is 1950 g/mol. The van der Waals surface area contributed by atoms with Crippen molar-refractivity contribution < 1.29 is 85.8 Å². The molecule has 28 bridgehead atoms. The minimum Gasteiger partial charge on any atom is -0.465 e. The fraction of sp³-hybridized carbons (Fsp3) is 0.927. The average Bonchev–Trinajstić information content (AvgIpc) is 1.65. The zero-order chi connectivity index (χ0) is 96.7. The minimum absolute atomic E-state index is 0.0143. The van der Waals surface area contributed by atoms with Gasteiger partial charge >= 0.3 is 53.7 Å². The Kier molecular flexibility index (Phi) is 21.4. The fourth-order valence-electron chi connectivity index (χ4n) is 51.8. The lowest BCUT2D eigenvalue weighted by Gasteiger charge is -2.44. The van der Waals surface area contributed by atoms with Crippen LogP contribution in [0.15, 0.2) is 0 Å². The Morgan fingerprint density at radius 1 is 0.218 bits per heavy atom. The number of hydrogen-bond donors (Lipinski definition) is 0. The van der Waals surface area contributed by atoms with E-state index < -0.39 is 0 Å². The van der Waals surface area contributed by atoms with Crippen molar-refractivity contribution in [2.45, 2.75) is 313 Å². The maximum atomic E-state index is 12.2. The number of ether oxygens (including phenoxy) is 9. The second-order valence-electron chi connectivity index (χ2n) is 60.6. The third kappa shape index (κ3) is 13.0. The molecule has 9 heterocycles. The van der Waals surface area contributed by atoms with Gasteiger partial charge in [0.15, 0.2) is 0 Å². The summed E-state index contributed by atoms with van der Waals surface area (Å²) in [7, 11) is 0. The van der Waals surface area contributed by atoms with E-state index in [-0.39, 0.29) is 97.0 Å². The molecular formula is C124H174O18. The van der Waals surface area contributed by atoms with E-state index in [2.05, 4.69) is 69.2 Å². The molecule has 9 saturated heterocycles. The molecule has 9 aliphatic heterocycles. The number of hydrogen-bond acceptors (Lipinski definition) is 18. The predicted octanol–water partition coefficient (Wildman–Crippen LogP) is 22.0. The highest BCUT2D eigenvalue weighted by Gasteiger charge is 2.78. The molecule has 37 fully saturated rings. The highest BCUT2D eigenvalue weighted by molar-refractivity contribution is 5.82. The summed E-state index contributed by atoms with van der Waals surface area (Å²) in [5.74, 6) is 44.8. The highest BCUT2D eigenvalue weighted by Crippen LogP contribution is 2.81. The van der Waals surface area contributed by atoms with Gasteiger partial charge in [0.1, 0.15) is 0 Å². The van der Waals surface area contributed by atoms with Gasteiger partial charge in [-0.2, -0.15) is 0 Å². The number of fused-ring (bicyclic) bond motifs is 64. The highest BCUT2D eigenvalue weighted by atomic mass is 16.6. The fourth-order valence-corrected chi connectivity index (χ4v) is 51.8. The molecule has 778 valence electrons. The van der Waals surface area contributed by atoms with E-state index in [0.29, 0.717) is 80.7 Å². The van der Waals surface area contributed by atoms with E-state index in [1.54, 1.807) is 0 Å². The van der Waals surface area contributed by atoms with Crippen molar-refractivity contribution in [3.8, 4) is 0 Å². The Morgan fingerprint density at radius 2 is 0.585 bits per heavy atom. The van der Waals surface area contributed by atoms with Gasteiger partial charge in [0.2, 0.25) is 0 Å². The van der Waals surface area contributed by atoms with Crippen LogP contribution in [-0.4, -0.2) is 113 Å². The molecule has 142 heavy (non-hydrogen) atoms. The average molecular weight is 1950 g/mol. The van der Waals surface area contributed by atoms with Crippen LogP contribution in [-0.2, 0) is 85.8 Å². The first kappa shape index (κ1) is 93.3. The van der Waals surface area contributed by atoms with Gasteiger partial charge in [-0.1, -0.05) is 69.2 Å². The molecule has 28 aliphatic carbocycles. The summed E-state index contributed by atoms with van der Waals surface area (Å²) in [6, 6.07) is 0. The van der Waals surface area contributed by atoms with Crippen LogP contribution >= 0.6 is 0 Å². The van der Waals surface area contributed by atoms with Crippen molar-refractivity contribution in [2.75, 3.05) is 59.5 Å². The third-order valence-corrected chi connectivity index (χ3v) is 56.3. The summed E-state index contributed by atoms with van der Waals surface area (Å²) in [6.07, 6.45) is 47.7. The number of rotatable bonds is 0. The van der Waals surface area contributed by atoms with Crippen molar-refractivity contribution in [3.63, 3.8) is 0 Å². The summed E-state index contributed by atoms with van der Waals surface area (Å²) in [5.41, 5.74) is 1.04. The summed E-state index contributed by atoms with van der Waals surface area (Å²) in [6.45, 7) is 30.4. The number of carbonyl (C=O) groups is 9. The molecule has 0 amide bonds. The topological polar surface area (TPSA) is 237 Å². The van der Waals surface area contributed by atoms with Gasteiger partial charge in [0, 0.05) is 27.6 Å². The molecule has 0 aromatic heterocycles. The first-order valence-electron chi connectivity index (χ1n) is 60.8. The van der Waals surface area contributed by atoms with Crippen molar-refractivity contribution >= 4 is 53.7 Å². The van der Waals surface area contributed by atoms with Crippen LogP contribution in [0.25, 0.3) is 0 Å². The van der Waals surface area contributed by atoms with Gasteiger partial charge in [-0.25, -0.2) is 0 Å². The molecule has 18 nitrogen and oxygen atoms in total. The van der Waals surface area contributed by atoms with Gasteiger partial charge in [0.05, 0.1) is 113 Å². The van der Waals surface area contributed by atoms with Crippen LogP contribution in [0.5, 0.6) is 0 Å². The van der Waals surface area contributed by atoms with Crippen LogP contribution in [0, 0.1) is 339 Å². The predicted molar refractivity (Wildman–Crippen MR) is 525 cm³/mol. The molecule has 8 spiro atoms. The lowest BCUT2D eigenvalue weighted by Crippen LogP contribution is -2.43. The second-order valence-corrected chi connectivity index (χ2v) is 60.6. The standard InChI is InChI=1S/4C16H22O2.C15H20O2.C12H18O2.3C11H16O2/c1-8-2-9-3-11(8)14-10-4-12(15(9)14)16(5-10)6-13(17)18-7-16;1-8-2-9-3-11(8)15-12-4-10(14(9)15)5-16(12)6-13(17)18-7-16;1-8-4-9-5-11(8)13-10-6-12(14(9)13)16(7-10)2-3-18-15(16)17;1-8-4-9-5-11(8)14-12-6-10(13(9)14)7-16(12)2-3-18-15(16)17;1-6-2-7-3-8(6)13-10-4-9(12(7)13)11-5-17-15(16)14(10)11;1-7-8(2)10-5-9(7)6-12(10)3-4-14-11(12)13;1-7-2-9-3-8(7)4-11(9)5-10(12)13-6-11;1-7-2-8-3-9(7)11(4-8)5-10(12)13-6-11;1-7-4-9-5-8(7)6-11(9)2-3-13-10(11)12/h2*8-12,14-15H,2-7H2,1H3;2*8-14H,2-7H2,1H3;6-14H,2-5H2,1H3;7-10H,3-6H2,1-2H3;3*7-9H,2-6H2,1H3. The van der Waals surface area contributed by atoms with Gasteiger partial charge in [0.25, 0.3) is 0 Å². The zero-order valence-electron chi connectivity index (χ0n) is 88.0. The molecule has 37 aliphatic rings. The van der Waals surface area contributed by atoms with Crippen LogP contribution in [0.1, 0.15) is 313 Å². The number of carbonyl (C=O) groups excluding carboxylic acids is 9. The van der Waals surface area contributed by atoms with Crippen molar-refractivity contribution in [1.82, 2.24) is 0 Å². The molecule has 0 N–H and O–H groups in total. The largest absolute Gasteiger partial charge is 0.465 e. The second kappa shape index (κ2) is 32.6. The van der Waals surface area contributed by atoms with Crippen LogP contribution < -0.4 is 0 Å². The van der Waals surface area contributed by atoms with E-state index in [0.717, 1.165) is 339 Å². The molecule has 0 radical (unpaired) electrons. The van der Waals surface area contributed by atoms with Crippen molar-refractivity contribution in [1.29, 1.82) is 0 Å². The van der Waals surface area contributed by atoms with Crippen LogP contribution in [0.2, 0.25) is 0 Å². The molecular weight excluding hydrogens is 1780 g/mol. The molecule has 18 heteroatoms. The van der Waals surface area contributed by atoms with E-state index in [1.165, 1.54) is 180 Å². The summed E-state index contributed by atoms with van der Waals surface area (Å²) in [4.78, 5) is 105. The summed E-state index contributed by atoms with van der Waals surface area (Å²) >= 11 is 0. The lowest BCUT2D eigenvalue weighted by molar-refractivity contribution is -0.152. The van der Waals surface area contributed by atoms with Gasteiger partial charge in [-0.15, -0.1) is 0 Å². The third-order valence-electron chi connectivity index (χ3n) is 56.3.